The topological polar surface area (TPSA) is 76.2 Å². The van der Waals surface area contributed by atoms with E-state index in [0.717, 1.165) is 31.5 Å². The second kappa shape index (κ2) is 5.93. The van der Waals surface area contributed by atoms with Crippen molar-refractivity contribution in [1.82, 2.24) is 20.0 Å². The minimum atomic E-state index is -0.640. The molecule has 1 aliphatic heterocycles. The van der Waals surface area contributed by atoms with E-state index in [1.165, 1.54) is 0 Å². The Hall–Kier alpha value is -1.40. The first-order valence-electron chi connectivity index (χ1n) is 7.10. The van der Waals surface area contributed by atoms with Gasteiger partial charge in [0, 0.05) is 25.4 Å². The molecule has 1 aromatic rings. The fraction of sp³-hybridized carbons (Fsp3) is 0.714. The number of nitrogens with two attached hydrogens (primary N) is 1. The molecule has 112 valence electrons. The van der Waals surface area contributed by atoms with Crippen molar-refractivity contribution in [2.24, 2.45) is 18.2 Å². The highest BCUT2D eigenvalue weighted by Crippen LogP contribution is 2.29. The van der Waals surface area contributed by atoms with Crippen LogP contribution >= 0.6 is 0 Å². The van der Waals surface area contributed by atoms with Crippen LogP contribution in [0, 0.1) is 5.41 Å². The lowest BCUT2D eigenvalue weighted by molar-refractivity contribution is -0.123. The Morgan fingerprint density at radius 1 is 1.50 bits per heavy atom. The van der Waals surface area contributed by atoms with Gasteiger partial charge in [0.25, 0.3) is 0 Å². The highest BCUT2D eigenvalue weighted by atomic mass is 16.2. The summed E-state index contributed by atoms with van der Waals surface area (Å²) >= 11 is 0. The molecule has 1 aromatic heterocycles. The quantitative estimate of drug-likeness (QED) is 0.829. The monoisotopic (exact) mass is 279 g/mol. The minimum Gasteiger partial charge on any atom is -0.354 e. The zero-order chi connectivity index (χ0) is 14.8. The van der Waals surface area contributed by atoms with Gasteiger partial charge < -0.3 is 16.0 Å². The molecule has 1 fully saturated rings. The molecule has 1 atom stereocenters. The molecule has 2 rings (SSSR count). The summed E-state index contributed by atoms with van der Waals surface area (Å²) in [7, 11) is 3.95. The summed E-state index contributed by atoms with van der Waals surface area (Å²) in [5, 5.41) is 7.04. The van der Waals surface area contributed by atoms with E-state index in [1.807, 2.05) is 7.05 Å². The van der Waals surface area contributed by atoms with Crippen LogP contribution in [0.1, 0.15) is 31.4 Å². The van der Waals surface area contributed by atoms with Crippen LogP contribution in [0.15, 0.2) is 12.4 Å². The van der Waals surface area contributed by atoms with Crippen LogP contribution in [-0.4, -0.2) is 47.3 Å². The van der Waals surface area contributed by atoms with E-state index in [1.54, 1.807) is 17.1 Å². The predicted molar refractivity (Wildman–Crippen MR) is 78.0 cm³/mol. The average Bonchev–Trinajstić information content (AvgIpc) is 2.86. The first kappa shape index (κ1) is 15.0. The van der Waals surface area contributed by atoms with E-state index in [-0.39, 0.29) is 11.3 Å². The summed E-state index contributed by atoms with van der Waals surface area (Å²) in [4.78, 5) is 14.4. The Morgan fingerprint density at radius 3 is 2.70 bits per heavy atom. The molecule has 0 radical (unpaired) electrons. The number of aryl methyl sites for hydroxylation is 1. The van der Waals surface area contributed by atoms with Crippen molar-refractivity contribution in [2.45, 2.75) is 25.8 Å². The van der Waals surface area contributed by atoms with Gasteiger partial charge in [-0.25, -0.2) is 0 Å². The van der Waals surface area contributed by atoms with E-state index < -0.39 is 6.04 Å². The largest absolute Gasteiger partial charge is 0.354 e. The normalized spacial score (nSPS) is 20.6. The lowest BCUT2D eigenvalue weighted by Crippen LogP contribution is -2.45. The molecule has 1 amide bonds. The number of hydrogen-bond donors (Lipinski definition) is 2. The number of piperidine rings is 1. The number of aromatic nitrogens is 2. The number of amides is 1. The van der Waals surface area contributed by atoms with E-state index in [2.05, 4.69) is 29.3 Å². The second-order valence-electron chi connectivity index (χ2n) is 6.26. The predicted octanol–water partition coefficient (Wildman–Crippen LogP) is 0.268. The maximum Gasteiger partial charge on any atom is 0.241 e. The first-order valence-corrected chi connectivity index (χ1v) is 7.10. The maximum atomic E-state index is 12.1. The number of carbonyl (C=O) groups is 1. The fourth-order valence-electron chi connectivity index (χ4n) is 2.50. The summed E-state index contributed by atoms with van der Waals surface area (Å²) < 4.78 is 1.65. The molecule has 20 heavy (non-hydrogen) atoms. The molecule has 1 unspecified atom stereocenters. The summed E-state index contributed by atoms with van der Waals surface area (Å²) in [5.74, 6) is -0.127. The van der Waals surface area contributed by atoms with Gasteiger partial charge in [0.1, 0.15) is 6.04 Å². The molecule has 0 spiro atoms. The summed E-state index contributed by atoms with van der Waals surface area (Å²) in [5.41, 5.74) is 6.89. The third-order valence-corrected chi connectivity index (χ3v) is 4.25. The van der Waals surface area contributed by atoms with Crippen LogP contribution in [0.2, 0.25) is 0 Å². The zero-order valence-corrected chi connectivity index (χ0v) is 12.6. The van der Waals surface area contributed by atoms with Gasteiger partial charge in [-0.05, 0) is 38.4 Å². The van der Waals surface area contributed by atoms with E-state index in [0.29, 0.717) is 6.54 Å². The van der Waals surface area contributed by atoms with Crippen molar-refractivity contribution in [3.8, 4) is 0 Å². The molecule has 2 heterocycles. The van der Waals surface area contributed by atoms with Crippen LogP contribution in [0.3, 0.4) is 0 Å². The average molecular weight is 279 g/mol. The minimum absolute atomic E-state index is 0.127. The van der Waals surface area contributed by atoms with Gasteiger partial charge in [-0.2, -0.15) is 5.10 Å². The number of rotatable bonds is 4. The zero-order valence-electron chi connectivity index (χ0n) is 12.6. The van der Waals surface area contributed by atoms with Gasteiger partial charge in [0.2, 0.25) is 5.91 Å². The molecule has 0 bridgehead atoms. The molecule has 1 saturated heterocycles. The summed E-state index contributed by atoms with van der Waals surface area (Å²) in [6.45, 7) is 5.09. The number of hydrogen-bond acceptors (Lipinski definition) is 4. The van der Waals surface area contributed by atoms with Gasteiger partial charge in [-0.15, -0.1) is 0 Å². The lowest BCUT2D eigenvalue weighted by Gasteiger charge is -2.38. The molecule has 1 aliphatic rings. The van der Waals surface area contributed by atoms with Gasteiger partial charge in [-0.1, -0.05) is 6.92 Å². The first-order chi connectivity index (χ1) is 9.39. The molecule has 6 heteroatoms. The Labute approximate surface area is 120 Å². The van der Waals surface area contributed by atoms with Crippen molar-refractivity contribution in [1.29, 1.82) is 0 Å². The number of nitrogens with zero attached hydrogens (tertiary/aromatic N) is 3. The molecular weight excluding hydrogens is 254 g/mol. The lowest BCUT2D eigenvalue weighted by atomic mass is 9.80. The van der Waals surface area contributed by atoms with E-state index in [9.17, 15) is 4.79 Å². The van der Waals surface area contributed by atoms with Crippen LogP contribution in [0.5, 0.6) is 0 Å². The summed E-state index contributed by atoms with van der Waals surface area (Å²) in [6, 6.07) is -0.640. The third-order valence-electron chi connectivity index (χ3n) is 4.25. The van der Waals surface area contributed by atoms with Gasteiger partial charge in [-0.3, -0.25) is 9.48 Å². The van der Waals surface area contributed by atoms with E-state index >= 15 is 0 Å². The Balaban J connectivity index is 1.85. The van der Waals surface area contributed by atoms with Crippen LogP contribution < -0.4 is 11.1 Å². The molecular formula is C14H25N5O. The SMILES string of the molecule is CN1CCC(C)(CNC(=O)C(N)c2cnn(C)c2)CC1. The van der Waals surface area contributed by atoms with Crippen molar-refractivity contribution < 1.29 is 4.79 Å². The Morgan fingerprint density at radius 2 is 2.15 bits per heavy atom. The number of likely N-dealkylation sites (tertiary alicyclic amines) is 1. The van der Waals surface area contributed by atoms with E-state index in [4.69, 9.17) is 5.73 Å². The standard InChI is InChI=1S/C14H25N5O/c1-14(4-6-18(2)7-5-14)10-16-13(20)12(15)11-8-17-19(3)9-11/h8-9,12H,4-7,10,15H2,1-3H3,(H,16,20). The van der Waals surface area contributed by atoms with Crippen LogP contribution in [0.4, 0.5) is 0 Å². The molecule has 0 aliphatic carbocycles. The summed E-state index contributed by atoms with van der Waals surface area (Å²) in [6.07, 6.45) is 5.63. The molecule has 6 nitrogen and oxygen atoms in total. The van der Waals surface area contributed by atoms with Crippen LogP contribution in [-0.2, 0) is 11.8 Å². The second-order valence-corrected chi connectivity index (χ2v) is 6.26. The molecule has 0 aromatic carbocycles. The van der Waals surface area contributed by atoms with Crippen LogP contribution in [0.25, 0.3) is 0 Å². The fourth-order valence-corrected chi connectivity index (χ4v) is 2.50. The third kappa shape index (κ3) is 3.58. The molecule has 3 N–H and O–H groups in total. The van der Waals surface area contributed by atoms with Crippen molar-refractivity contribution in [3.63, 3.8) is 0 Å². The Kier molecular flexibility index (Phi) is 4.45. The number of nitrogens with one attached hydrogen (secondary N) is 1. The molecule has 0 saturated carbocycles. The van der Waals surface area contributed by atoms with Crippen molar-refractivity contribution in [2.75, 3.05) is 26.7 Å². The van der Waals surface area contributed by atoms with Gasteiger partial charge >= 0.3 is 0 Å². The smallest absolute Gasteiger partial charge is 0.241 e. The number of carbonyl (C=O) groups excluding carboxylic acids is 1. The van der Waals surface area contributed by atoms with Gasteiger partial charge in [0.05, 0.1) is 6.20 Å². The van der Waals surface area contributed by atoms with Gasteiger partial charge in [0.15, 0.2) is 0 Å². The maximum absolute atomic E-state index is 12.1. The Bertz CT molecular complexity index is 462. The highest BCUT2D eigenvalue weighted by molar-refractivity contribution is 5.82. The van der Waals surface area contributed by atoms with Crippen molar-refractivity contribution in [3.05, 3.63) is 18.0 Å². The van der Waals surface area contributed by atoms with Crippen molar-refractivity contribution >= 4 is 5.91 Å². The highest BCUT2D eigenvalue weighted by Gasteiger charge is 2.30.